The van der Waals surface area contributed by atoms with E-state index in [9.17, 15) is 9.59 Å². The molecule has 30 heavy (non-hydrogen) atoms. The van der Waals surface area contributed by atoms with Gasteiger partial charge in [-0.1, -0.05) is 43.0 Å². The standard InChI is InChI=1S/C24H18FN3O2/c1-2-19(29)22-13-8-5-7-12(16(13)11-27-22)20-17(25)10-15(24(26)30)23-21(20)14-6-3-4-9-18(14)28-23/h2-10,22,27-28H,1,11H2,(H2,26,30). The van der Waals surface area contributed by atoms with Gasteiger partial charge in [0.1, 0.15) is 5.82 Å². The molecular weight excluding hydrogens is 381 g/mol. The smallest absolute Gasteiger partial charge is 0.250 e. The number of benzene rings is 3. The second-order valence-corrected chi connectivity index (χ2v) is 7.36. The number of primary amides is 1. The Balaban J connectivity index is 1.88. The van der Waals surface area contributed by atoms with Gasteiger partial charge in [-0.15, -0.1) is 0 Å². The van der Waals surface area contributed by atoms with E-state index in [4.69, 9.17) is 5.73 Å². The van der Waals surface area contributed by atoms with Gasteiger partial charge in [-0.2, -0.15) is 0 Å². The highest BCUT2D eigenvalue weighted by Gasteiger charge is 2.30. The number of ketones is 1. The second kappa shape index (κ2) is 6.64. The number of aromatic nitrogens is 1. The molecule has 5 nitrogen and oxygen atoms in total. The van der Waals surface area contributed by atoms with Gasteiger partial charge in [-0.05, 0) is 34.9 Å². The Labute approximate surface area is 171 Å². The normalized spacial score (nSPS) is 15.4. The molecule has 0 saturated heterocycles. The van der Waals surface area contributed by atoms with Crippen molar-refractivity contribution in [3.05, 3.63) is 83.7 Å². The maximum atomic E-state index is 15.5. The molecular formula is C24H18FN3O2. The van der Waals surface area contributed by atoms with E-state index in [1.54, 1.807) is 0 Å². The molecule has 3 aromatic carbocycles. The average molecular weight is 399 g/mol. The molecule has 148 valence electrons. The van der Waals surface area contributed by atoms with Crippen LogP contribution in [0.5, 0.6) is 0 Å². The quantitative estimate of drug-likeness (QED) is 0.451. The number of carbonyl (C=O) groups is 2. The predicted molar refractivity (Wildman–Crippen MR) is 115 cm³/mol. The molecule has 0 bridgehead atoms. The summed E-state index contributed by atoms with van der Waals surface area (Å²) in [4.78, 5) is 27.5. The molecule has 0 aliphatic carbocycles. The fraction of sp³-hybridized carbons (Fsp3) is 0.0833. The molecule has 4 aromatic rings. The zero-order chi connectivity index (χ0) is 21.0. The molecule has 0 fully saturated rings. The fourth-order valence-corrected chi connectivity index (χ4v) is 4.44. The summed E-state index contributed by atoms with van der Waals surface area (Å²) in [5.41, 5.74) is 9.66. The first-order chi connectivity index (χ1) is 14.5. The zero-order valence-corrected chi connectivity index (χ0v) is 16.0. The highest BCUT2D eigenvalue weighted by molar-refractivity contribution is 6.20. The molecule has 1 atom stereocenters. The van der Waals surface area contributed by atoms with Crippen molar-refractivity contribution in [2.24, 2.45) is 5.73 Å². The fourth-order valence-electron chi connectivity index (χ4n) is 4.44. The highest BCUT2D eigenvalue weighted by Crippen LogP contribution is 2.42. The second-order valence-electron chi connectivity index (χ2n) is 7.36. The number of hydrogen-bond donors (Lipinski definition) is 3. The Morgan fingerprint density at radius 1 is 1.17 bits per heavy atom. The maximum Gasteiger partial charge on any atom is 0.250 e. The lowest BCUT2D eigenvalue weighted by Crippen LogP contribution is -2.19. The van der Waals surface area contributed by atoms with Gasteiger partial charge in [0.15, 0.2) is 5.78 Å². The van der Waals surface area contributed by atoms with Crippen molar-refractivity contribution in [3.8, 4) is 11.1 Å². The van der Waals surface area contributed by atoms with Gasteiger partial charge < -0.3 is 10.7 Å². The van der Waals surface area contributed by atoms with Crippen molar-refractivity contribution >= 4 is 33.5 Å². The summed E-state index contributed by atoms with van der Waals surface area (Å²) in [6.45, 7) is 4.00. The lowest BCUT2D eigenvalue weighted by Gasteiger charge is -2.13. The molecule has 2 heterocycles. The molecule has 0 radical (unpaired) electrons. The third-order valence-corrected chi connectivity index (χ3v) is 5.76. The van der Waals surface area contributed by atoms with Crippen LogP contribution in [-0.2, 0) is 11.3 Å². The molecule has 5 rings (SSSR count). The third kappa shape index (κ3) is 2.51. The number of hydrogen-bond acceptors (Lipinski definition) is 3. The number of fused-ring (bicyclic) bond motifs is 4. The van der Waals surface area contributed by atoms with Crippen LogP contribution >= 0.6 is 0 Å². The van der Waals surface area contributed by atoms with Crippen LogP contribution in [0.25, 0.3) is 32.9 Å². The number of nitrogens with one attached hydrogen (secondary N) is 2. The first-order valence-corrected chi connectivity index (χ1v) is 9.55. The van der Waals surface area contributed by atoms with E-state index >= 15 is 4.39 Å². The highest BCUT2D eigenvalue weighted by atomic mass is 19.1. The topological polar surface area (TPSA) is 88.0 Å². The van der Waals surface area contributed by atoms with Gasteiger partial charge in [0, 0.05) is 28.4 Å². The molecule has 1 aromatic heterocycles. The summed E-state index contributed by atoms with van der Waals surface area (Å²) >= 11 is 0. The Morgan fingerprint density at radius 3 is 2.73 bits per heavy atom. The van der Waals surface area contributed by atoms with E-state index in [2.05, 4.69) is 16.9 Å². The van der Waals surface area contributed by atoms with Gasteiger partial charge in [0.2, 0.25) is 0 Å². The van der Waals surface area contributed by atoms with Crippen molar-refractivity contribution in [1.29, 1.82) is 0 Å². The summed E-state index contributed by atoms with van der Waals surface area (Å²) in [7, 11) is 0. The summed E-state index contributed by atoms with van der Waals surface area (Å²) in [5.74, 6) is -1.37. The number of nitrogens with two attached hydrogens (primary N) is 1. The van der Waals surface area contributed by atoms with E-state index in [0.29, 0.717) is 28.6 Å². The van der Waals surface area contributed by atoms with Crippen molar-refractivity contribution in [1.82, 2.24) is 10.3 Å². The van der Waals surface area contributed by atoms with Gasteiger partial charge in [-0.3, -0.25) is 14.9 Å². The van der Waals surface area contributed by atoms with Crippen molar-refractivity contribution in [3.63, 3.8) is 0 Å². The number of rotatable bonds is 4. The summed E-state index contributed by atoms with van der Waals surface area (Å²) in [5, 5.41) is 4.59. The molecule has 1 aliphatic heterocycles. The average Bonchev–Trinajstić information content (AvgIpc) is 3.34. The third-order valence-electron chi connectivity index (χ3n) is 5.76. The Kier molecular flexibility index (Phi) is 4.04. The molecule has 4 N–H and O–H groups in total. The van der Waals surface area contributed by atoms with Gasteiger partial charge in [0.05, 0.1) is 17.1 Å². The first-order valence-electron chi connectivity index (χ1n) is 9.55. The van der Waals surface area contributed by atoms with Crippen molar-refractivity contribution < 1.29 is 14.0 Å². The largest absolute Gasteiger partial charge is 0.366 e. The van der Waals surface area contributed by atoms with Crippen molar-refractivity contribution in [2.45, 2.75) is 12.6 Å². The van der Waals surface area contributed by atoms with Crippen LogP contribution < -0.4 is 11.1 Å². The van der Waals surface area contributed by atoms with Gasteiger partial charge in [-0.25, -0.2) is 4.39 Å². The number of para-hydroxylation sites is 1. The monoisotopic (exact) mass is 399 g/mol. The number of aromatic amines is 1. The minimum absolute atomic E-state index is 0.105. The number of H-pyrrole nitrogens is 1. The van der Waals surface area contributed by atoms with Crippen LogP contribution in [0.1, 0.15) is 27.5 Å². The van der Waals surface area contributed by atoms with Gasteiger partial charge in [0.25, 0.3) is 5.91 Å². The van der Waals surface area contributed by atoms with Crippen LogP contribution in [0.3, 0.4) is 0 Å². The van der Waals surface area contributed by atoms with Crippen LogP contribution in [0.4, 0.5) is 4.39 Å². The SMILES string of the molecule is C=CC(=O)C1NCc2c(-c3c(F)cc(C(N)=O)c4[nH]c5ccccc5c34)cccc21. The molecule has 1 aliphatic rings. The van der Waals surface area contributed by atoms with Crippen LogP contribution in [-0.4, -0.2) is 16.7 Å². The minimum atomic E-state index is -0.700. The van der Waals surface area contributed by atoms with E-state index in [1.165, 1.54) is 12.1 Å². The van der Waals surface area contributed by atoms with Crippen LogP contribution in [0.2, 0.25) is 0 Å². The Bertz CT molecular complexity index is 1390. The number of halogens is 1. The number of carbonyl (C=O) groups excluding carboxylic acids is 2. The lowest BCUT2D eigenvalue weighted by molar-refractivity contribution is -0.116. The van der Waals surface area contributed by atoms with Gasteiger partial charge >= 0.3 is 0 Å². The van der Waals surface area contributed by atoms with E-state index in [1.807, 2.05) is 42.5 Å². The van der Waals surface area contributed by atoms with E-state index < -0.39 is 17.8 Å². The molecule has 0 saturated carbocycles. The first kappa shape index (κ1) is 18.3. The van der Waals surface area contributed by atoms with Crippen LogP contribution in [0.15, 0.2) is 61.2 Å². The number of amides is 1. The summed E-state index contributed by atoms with van der Waals surface area (Å²) in [6, 6.07) is 13.7. The molecule has 6 heteroatoms. The Morgan fingerprint density at radius 2 is 1.97 bits per heavy atom. The van der Waals surface area contributed by atoms with E-state index in [-0.39, 0.29) is 11.3 Å². The maximum absolute atomic E-state index is 15.5. The molecule has 1 unspecified atom stereocenters. The lowest BCUT2D eigenvalue weighted by atomic mass is 9.90. The van der Waals surface area contributed by atoms with Crippen molar-refractivity contribution in [2.75, 3.05) is 0 Å². The van der Waals surface area contributed by atoms with Crippen LogP contribution in [0, 0.1) is 5.82 Å². The summed E-state index contributed by atoms with van der Waals surface area (Å²) in [6.07, 6.45) is 1.29. The molecule has 0 spiro atoms. The predicted octanol–water partition coefficient (Wildman–Crippen LogP) is 4.13. The van der Waals surface area contributed by atoms with E-state index in [0.717, 1.165) is 22.0 Å². The molecule has 1 amide bonds. The zero-order valence-electron chi connectivity index (χ0n) is 16.0. The Hall–Kier alpha value is -3.77. The summed E-state index contributed by atoms with van der Waals surface area (Å²) < 4.78 is 15.5. The minimum Gasteiger partial charge on any atom is -0.366 e.